The van der Waals surface area contributed by atoms with Crippen LogP contribution >= 0.6 is 0 Å². The Morgan fingerprint density at radius 3 is 1.28 bits per heavy atom. The number of carbonyl (C=O) groups is 2. The zero-order valence-corrected chi connectivity index (χ0v) is 26.9. The lowest BCUT2D eigenvalue weighted by Crippen LogP contribution is -2.09. The van der Waals surface area contributed by atoms with E-state index in [2.05, 4.69) is 13.2 Å². The summed E-state index contributed by atoms with van der Waals surface area (Å²) in [4.78, 5) is 26.1. The van der Waals surface area contributed by atoms with Gasteiger partial charge in [0.05, 0.1) is 63.9 Å². The summed E-state index contributed by atoms with van der Waals surface area (Å²) in [6.07, 6.45) is 3.57. The Morgan fingerprint density at radius 1 is 0.630 bits per heavy atom. The lowest BCUT2D eigenvalue weighted by atomic mass is 9.89. The van der Waals surface area contributed by atoms with Crippen LogP contribution in [0, 0.1) is 0 Å². The summed E-state index contributed by atoms with van der Waals surface area (Å²) in [7, 11) is 5.82. The monoisotopic (exact) mass is 630 g/mol. The fourth-order valence-electron chi connectivity index (χ4n) is 5.72. The number of aromatic hydroxyl groups is 2. The molecule has 0 aromatic heterocycles. The number of hydrogen-bond donors (Lipinski definition) is 2. The van der Waals surface area contributed by atoms with Crippen LogP contribution in [0.15, 0.2) is 49.6 Å². The highest BCUT2D eigenvalue weighted by atomic mass is 16.5. The molecular weight excluding hydrogens is 592 g/mol. The van der Waals surface area contributed by atoms with Gasteiger partial charge in [0.25, 0.3) is 0 Å². The van der Waals surface area contributed by atoms with Gasteiger partial charge in [0.1, 0.15) is 34.5 Å². The molecule has 0 saturated heterocycles. The van der Waals surface area contributed by atoms with Crippen LogP contribution in [0.5, 0.6) is 34.5 Å². The number of allylic oxidation sites excluding steroid dienone is 2. The predicted molar refractivity (Wildman–Crippen MR) is 176 cm³/mol. The molecule has 10 nitrogen and oxygen atoms in total. The van der Waals surface area contributed by atoms with Crippen molar-refractivity contribution in [2.75, 3.05) is 41.7 Å². The molecule has 0 atom stereocenters. The number of hydrogen-bond acceptors (Lipinski definition) is 10. The molecule has 0 aliphatic heterocycles. The molecular formula is C36H38O10. The van der Waals surface area contributed by atoms with Crippen molar-refractivity contribution in [1.29, 1.82) is 0 Å². The summed E-state index contributed by atoms with van der Waals surface area (Å²) in [5.41, 5.74) is 1.72. The standard InChI is InChI=1S/C36H38O10/c1-9-13-19-25(35(39)45-11-3)15-23-21(31(19)37)17-27(41-5)29(33(23)43-7)30-28(42-6)18-22-24(34(30)44-8)16-26(36(40)46-12-4)20(14-10-2)32(22)38/h9-10,15-18,37-38H,1-2,11-14H2,3-8H3. The highest BCUT2D eigenvalue weighted by molar-refractivity contribution is 6.11. The Morgan fingerprint density at radius 2 is 1.00 bits per heavy atom. The molecule has 4 aromatic carbocycles. The van der Waals surface area contributed by atoms with Gasteiger partial charge < -0.3 is 38.6 Å². The van der Waals surface area contributed by atoms with E-state index in [1.807, 2.05) is 0 Å². The first kappa shape index (κ1) is 33.5. The van der Waals surface area contributed by atoms with Gasteiger partial charge in [-0.2, -0.15) is 0 Å². The van der Waals surface area contributed by atoms with Crippen LogP contribution in [0.1, 0.15) is 45.7 Å². The second kappa shape index (κ2) is 14.2. The van der Waals surface area contributed by atoms with E-state index in [1.165, 1.54) is 28.4 Å². The number of phenolic OH excluding ortho intramolecular Hbond substituents is 2. The first-order valence-electron chi connectivity index (χ1n) is 14.6. The van der Waals surface area contributed by atoms with Gasteiger partial charge in [0, 0.05) is 32.7 Å². The molecule has 2 N–H and O–H groups in total. The maximum absolute atomic E-state index is 13.1. The van der Waals surface area contributed by atoms with Gasteiger partial charge >= 0.3 is 11.9 Å². The number of benzene rings is 4. The normalized spacial score (nSPS) is 10.8. The van der Waals surface area contributed by atoms with E-state index in [4.69, 9.17) is 28.4 Å². The number of fused-ring (bicyclic) bond motifs is 2. The third-order valence-corrected chi connectivity index (χ3v) is 7.66. The van der Waals surface area contributed by atoms with Crippen molar-refractivity contribution in [2.24, 2.45) is 0 Å². The van der Waals surface area contributed by atoms with Gasteiger partial charge in [-0.3, -0.25) is 0 Å². The molecule has 46 heavy (non-hydrogen) atoms. The molecule has 0 heterocycles. The van der Waals surface area contributed by atoms with Gasteiger partial charge in [-0.1, -0.05) is 12.2 Å². The highest BCUT2D eigenvalue weighted by Gasteiger charge is 2.30. The third kappa shape index (κ3) is 5.62. The van der Waals surface area contributed by atoms with Crippen molar-refractivity contribution in [3.05, 3.63) is 71.8 Å². The molecule has 0 bridgehead atoms. The van der Waals surface area contributed by atoms with Crippen LogP contribution in [-0.4, -0.2) is 63.8 Å². The van der Waals surface area contributed by atoms with Gasteiger partial charge in [-0.15, -0.1) is 13.2 Å². The molecule has 4 rings (SSSR count). The van der Waals surface area contributed by atoms with Gasteiger partial charge in [-0.25, -0.2) is 9.59 Å². The maximum Gasteiger partial charge on any atom is 0.338 e. The smallest absolute Gasteiger partial charge is 0.338 e. The molecule has 0 aliphatic rings. The molecule has 4 aromatic rings. The summed E-state index contributed by atoms with van der Waals surface area (Å²) < 4.78 is 34.3. The van der Waals surface area contributed by atoms with E-state index in [-0.39, 0.29) is 71.7 Å². The van der Waals surface area contributed by atoms with E-state index < -0.39 is 11.9 Å². The van der Waals surface area contributed by atoms with Crippen molar-refractivity contribution in [3.63, 3.8) is 0 Å². The second-order valence-corrected chi connectivity index (χ2v) is 10.1. The predicted octanol–water partition coefficient (Wildman–Crippen LogP) is 6.92. The molecule has 0 fully saturated rings. The number of phenols is 2. The van der Waals surface area contributed by atoms with Crippen LogP contribution in [0.3, 0.4) is 0 Å². The molecule has 0 radical (unpaired) electrons. The van der Waals surface area contributed by atoms with Crippen LogP contribution in [-0.2, 0) is 22.3 Å². The minimum atomic E-state index is -0.617. The molecule has 0 aliphatic carbocycles. The summed E-state index contributed by atoms with van der Waals surface area (Å²) in [6, 6.07) is 6.45. The summed E-state index contributed by atoms with van der Waals surface area (Å²) >= 11 is 0. The largest absolute Gasteiger partial charge is 0.507 e. The van der Waals surface area contributed by atoms with E-state index in [0.29, 0.717) is 43.8 Å². The molecule has 0 unspecified atom stereocenters. The Labute approximate surface area is 267 Å². The zero-order chi connectivity index (χ0) is 33.7. The van der Waals surface area contributed by atoms with E-state index >= 15 is 0 Å². The number of carbonyl (C=O) groups excluding carboxylic acids is 2. The Kier molecular flexibility index (Phi) is 10.3. The van der Waals surface area contributed by atoms with Gasteiger partial charge in [0.15, 0.2) is 0 Å². The van der Waals surface area contributed by atoms with Crippen molar-refractivity contribution in [2.45, 2.75) is 26.7 Å². The number of ether oxygens (including phenoxy) is 6. The lowest BCUT2D eigenvalue weighted by molar-refractivity contribution is 0.0515. The fraction of sp³-hybridized carbons (Fsp3) is 0.278. The quantitative estimate of drug-likeness (QED) is 0.119. The van der Waals surface area contributed by atoms with Crippen LogP contribution in [0.2, 0.25) is 0 Å². The summed E-state index contributed by atoms with van der Waals surface area (Å²) in [5.74, 6) is -0.518. The minimum absolute atomic E-state index is 0.136. The van der Waals surface area contributed by atoms with E-state index in [1.54, 1.807) is 50.3 Å². The first-order valence-corrected chi connectivity index (χ1v) is 14.6. The topological polar surface area (TPSA) is 130 Å². The zero-order valence-electron chi connectivity index (χ0n) is 26.9. The van der Waals surface area contributed by atoms with Crippen molar-refractivity contribution < 1.29 is 48.2 Å². The van der Waals surface area contributed by atoms with Crippen LogP contribution < -0.4 is 18.9 Å². The minimum Gasteiger partial charge on any atom is -0.507 e. The second-order valence-electron chi connectivity index (χ2n) is 10.1. The Balaban J connectivity index is 2.23. The highest BCUT2D eigenvalue weighted by Crippen LogP contribution is 2.55. The SMILES string of the molecule is C=CCc1c(C(=O)OCC)cc2c(OC)c(-c3c(OC)cc4c(O)c(CC=C)c(C(=O)OCC)cc4c3OC)c(OC)cc2c1O. The van der Waals surface area contributed by atoms with Crippen molar-refractivity contribution >= 4 is 33.5 Å². The number of methoxy groups -OCH3 is 4. The maximum atomic E-state index is 13.1. The van der Waals surface area contributed by atoms with Crippen LogP contribution in [0.25, 0.3) is 32.7 Å². The molecule has 10 heteroatoms. The lowest BCUT2D eigenvalue weighted by Gasteiger charge is -2.23. The summed E-state index contributed by atoms with van der Waals surface area (Å²) in [6.45, 7) is 11.2. The average molecular weight is 631 g/mol. The van der Waals surface area contributed by atoms with Crippen molar-refractivity contribution in [1.82, 2.24) is 0 Å². The fourth-order valence-corrected chi connectivity index (χ4v) is 5.72. The van der Waals surface area contributed by atoms with E-state index in [0.717, 1.165) is 0 Å². The molecule has 242 valence electrons. The number of rotatable bonds is 13. The molecule has 0 spiro atoms. The third-order valence-electron chi connectivity index (χ3n) is 7.66. The first-order chi connectivity index (χ1) is 22.2. The molecule has 0 saturated carbocycles. The summed E-state index contributed by atoms with van der Waals surface area (Å²) in [5, 5.41) is 24.4. The number of esters is 2. The average Bonchev–Trinajstić information content (AvgIpc) is 3.05. The Hall–Kier alpha value is -5.38. The van der Waals surface area contributed by atoms with Crippen LogP contribution in [0.4, 0.5) is 0 Å². The van der Waals surface area contributed by atoms with Crippen molar-refractivity contribution in [3.8, 4) is 45.6 Å². The van der Waals surface area contributed by atoms with Gasteiger partial charge in [0.2, 0.25) is 0 Å². The van der Waals surface area contributed by atoms with Gasteiger partial charge in [-0.05, 0) is 51.0 Å². The molecule has 0 amide bonds. The van der Waals surface area contributed by atoms with E-state index in [9.17, 15) is 19.8 Å². The Bertz CT molecular complexity index is 1720.